The van der Waals surface area contributed by atoms with Crippen LogP contribution in [-0.2, 0) is 0 Å². The zero-order chi connectivity index (χ0) is 16.1. The zero-order valence-electron chi connectivity index (χ0n) is 12.2. The number of rotatable bonds is 4. The van der Waals surface area contributed by atoms with E-state index in [0.717, 1.165) is 11.4 Å². The van der Waals surface area contributed by atoms with E-state index in [1.165, 1.54) is 7.16 Å². The van der Waals surface area contributed by atoms with Gasteiger partial charge in [0.25, 0.3) is 0 Å². The Morgan fingerprint density at radius 1 is 0.609 bits per heavy atom. The van der Waals surface area contributed by atoms with Crippen molar-refractivity contribution in [1.29, 1.82) is 0 Å². The van der Waals surface area contributed by atoms with Crippen LogP contribution >= 0.6 is 25.4 Å². The topological polar surface area (TPSA) is 24.7 Å². The van der Waals surface area contributed by atoms with Crippen molar-refractivity contribution in [3.05, 3.63) is 84.9 Å². The van der Waals surface area contributed by atoms with Crippen molar-refractivity contribution >= 4 is 57.9 Å². The molecule has 114 valence electrons. The molecule has 0 heterocycles. The second-order valence-corrected chi connectivity index (χ2v) is 34.6. The molecule has 0 amide bonds. The Labute approximate surface area is 152 Å². The van der Waals surface area contributed by atoms with E-state index in [0.29, 0.717) is 0 Å². The molecule has 0 radical (unpaired) electrons. The van der Waals surface area contributed by atoms with Crippen LogP contribution in [-0.4, -0.2) is 13.9 Å². The van der Waals surface area contributed by atoms with Crippen molar-refractivity contribution < 1.29 is 0 Å². The van der Waals surface area contributed by atoms with Crippen LogP contribution in [0.25, 0.3) is 0 Å². The second kappa shape index (κ2) is 7.73. The fraction of sp³-hybridized carbons (Fsp3) is 0. The summed E-state index contributed by atoms with van der Waals surface area (Å²) in [5, 5.41) is 8.85. The van der Waals surface area contributed by atoms with E-state index in [2.05, 4.69) is 66.0 Å². The normalized spacial score (nSPS) is 11.7. The number of hydrogen-bond acceptors (Lipinski definition) is 2. The van der Waals surface area contributed by atoms with Gasteiger partial charge in [0.15, 0.2) is 0 Å². The van der Waals surface area contributed by atoms with Gasteiger partial charge in [-0.05, 0) is 0 Å². The van der Waals surface area contributed by atoms with Gasteiger partial charge in [-0.3, -0.25) is 0 Å². The zero-order valence-corrected chi connectivity index (χ0v) is 18.3. The van der Waals surface area contributed by atoms with Crippen LogP contribution < -0.4 is 7.16 Å². The molecule has 5 heteroatoms. The molecule has 0 saturated carbocycles. The maximum absolute atomic E-state index is 4.49. The van der Waals surface area contributed by atoms with E-state index in [1.54, 1.807) is 0 Å². The monoisotopic (exact) mass is 536 g/mol. The van der Waals surface area contributed by atoms with Gasteiger partial charge in [-0.15, -0.1) is 0 Å². The SMILES string of the molecule is [Br][Sn]([Br])([c]1ccccc1)[c]1ccccc1N=Nc1ccccc1. The first-order valence-electron chi connectivity index (χ1n) is 7.17. The summed E-state index contributed by atoms with van der Waals surface area (Å²) in [6.45, 7) is 0. The van der Waals surface area contributed by atoms with E-state index in [4.69, 9.17) is 0 Å². The Balaban J connectivity index is 2.00. The number of azo groups is 1. The number of halogens is 2. The molecule has 3 aromatic rings. The van der Waals surface area contributed by atoms with Crippen LogP contribution in [0.4, 0.5) is 11.4 Å². The fourth-order valence-electron chi connectivity index (χ4n) is 2.24. The van der Waals surface area contributed by atoms with E-state index in [-0.39, 0.29) is 0 Å². The third-order valence-corrected chi connectivity index (χ3v) is 21.4. The molecule has 3 aromatic carbocycles. The molecule has 0 aliphatic rings. The standard InChI is InChI=1S/C12H9N2.C6H5.2BrH.Sn/c1-3-7-11(8-4-1)13-14-12-9-5-2-6-10-12;1-2-4-6-5-3-1;;;/h1-9H;1-5H;2*1H;/q;;;;+2/p-2. The van der Waals surface area contributed by atoms with Gasteiger partial charge in [-0.1, -0.05) is 0 Å². The molecule has 0 aromatic heterocycles. The van der Waals surface area contributed by atoms with Gasteiger partial charge in [0, 0.05) is 0 Å². The number of nitrogens with zero attached hydrogens (tertiary/aromatic N) is 2. The first-order chi connectivity index (χ1) is 11.2. The Morgan fingerprint density at radius 3 is 1.87 bits per heavy atom. The van der Waals surface area contributed by atoms with Crippen LogP contribution in [0.5, 0.6) is 0 Å². The van der Waals surface area contributed by atoms with Crippen molar-refractivity contribution in [3.8, 4) is 0 Å². The number of hydrogen-bond donors (Lipinski definition) is 0. The summed E-state index contributed by atoms with van der Waals surface area (Å²) in [5.41, 5.74) is 1.76. The molecule has 0 aliphatic heterocycles. The van der Waals surface area contributed by atoms with E-state index < -0.39 is 13.9 Å². The van der Waals surface area contributed by atoms with E-state index in [9.17, 15) is 0 Å². The molecule has 0 fully saturated rings. The molecular weight excluding hydrogens is 523 g/mol. The Bertz CT molecular complexity index is 806. The first kappa shape index (κ1) is 16.9. The summed E-state index contributed by atoms with van der Waals surface area (Å²) in [5.74, 6) is 0. The van der Waals surface area contributed by atoms with Crippen LogP contribution in [0.1, 0.15) is 0 Å². The number of benzene rings is 3. The molecule has 0 N–H and O–H groups in total. The molecule has 23 heavy (non-hydrogen) atoms. The van der Waals surface area contributed by atoms with Crippen LogP contribution in [0.3, 0.4) is 0 Å². The van der Waals surface area contributed by atoms with Crippen molar-refractivity contribution in [2.45, 2.75) is 0 Å². The molecule has 0 bridgehead atoms. The minimum atomic E-state index is -3.02. The third-order valence-electron chi connectivity index (χ3n) is 3.41. The summed E-state index contributed by atoms with van der Waals surface area (Å²) < 4.78 is 2.52. The van der Waals surface area contributed by atoms with Crippen molar-refractivity contribution in [2.75, 3.05) is 0 Å². The van der Waals surface area contributed by atoms with Gasteiger partial charge in [0.1, 0.15) is 0 Å². The average molecular weight is 537 g/mol. The predicted molar refractivity (Wildman–Crippen MR) is 106 cm³/mol. The van der Waals surface area contributed by atoms with Crippen LogP contribution in [0.2, 0.25) is 0 Å². The molecule has 0 atom stereocenters. The van der Waals surface area contributed by atoms with Crippen molar-refractivity contribution in [2.24, 2.45) is 10.2 Å². The third kappa shape index (κ3) is 4.11. The molecular formula is C18H14Br2N2Sn. The van der Waals surface area contributed by atoms with Crippen LogP contribution in [0, 0.1) is 0 Å². The summed E-state index contributed by atoms with van der Waals surface area (Å²) in [7, 11) is 0. The van der Waals surface area contributed by atoms with Gasteiger partial charge >= 0.3 is 153 Å². The van der Waals surface area contributed by atoms with Gasteiger partial charge < -0.3 is 0 Å². The molecule has 0 saturated heterocycles. The first-order valence-corrected chi connectivity index (χ1v) is 22.8. The van der Waals surface area contributed by atoms with Gasteiger partial charge in [0.2, 0.25) is 0 Å². The second-order valence-electron chi connectivity index (χ2n) is 4.99. The molecule has 3 rings (SSSR count). The minimum absolute atomic E-state index is 0.854. The Morgan fingerprint density at radius 2 is 1.17 bits per heavy atom. The van der Waals surface area contributed by atoms with E-state index >= 15 is 0 Å². The summed E-state index contributed by atoms with van der Waals surface area (Å²) >= 11 is 4.98. The van der Waals surface area contributed by atoms with E-state index in [1.807, 2.05) is 54.6 Å². The quantitative estimate of drug-likeness (QED) is 0.313. The predicted octanol–water partition coefficient (Wildman–Crippen LogP) is 5.45. The van der Waals surface area contributed by atoms with Crippen molar-refractivity contribution in [3.63, 3.8) is 0 Å². The summed E-state index contributed by atoms with van der Waals surface area (Å²) in [6, 6.07) is 28.5. The molecule has 2 nitrogen and oxygen atoms in total. The van der Waals surface area contributed by atoms with Gasteiger partial charge in [0.05, 0.1) is 0 Å². The van der Waals surface area contributed by atoms with Crippen molar-refractivity contribution in [1.82, 2.24) is 0 Å². The Hall–Kier alpha value is -0.981. The Kier molecular flexibility index (Phi) is 5.66. The maximum atomic E-state index is 4.49. The average Bonchev–Trinajstić information content (AvgIpc) is 2.62. The molecule has 0 aliphatic carbocycles. The molecule has 0 unspecified atom stereocenters. The molecule has 0 spiro atoms. The van der Waals surface area contributed by atoms with Gasteiger partial charge in [-0.2, -0.15) is 0 Å². The summed E-state index contributed by atoms with van der Waals surface area (Å²) in [6.07, 6.45) is 0. The van der Waals surface area contributed by atoms with Crippen LogP contribution in [0.15, 0.2) is 95.2 Å². The fourth-order valence-corrected chi connectivity index (χ4v) is 15.1. The van der Waals surface area contributed by atoms with Gasteiger partial charge in [-0.25, -0.2) is 0 Å². The summed E-state index contributed by atoms with van der Waals surface area (Å²) in [4.78, 5) is 0.